The van der Waals surface area contributed by atoms with Crippen LogP contribution >= 0.6 is 22.9 Å². The fourth-order valence-corrected chi connectivity index (χ4v) is 2.26. The van der Waals surface area contributed by atoms with Crippen LogP contribution in [0.2, 0.25) is 5.02 Å². The van der Waals surface area contributed by atoms with E-state index in [-0.39, 0.29) is 5.91 Å². The molecule has 1 aromatic heterocycles. The van der Waals surface area contributed by atoms with Crippen LogP contribution in [0.5, 0.6) is 0 Å². The second-order valence-electron chi connectivity index (χ2n) is 3.70. The second kappa shape index (κ2) is 6.38. The Kier molecular flexibility index (Phi) is 4.56. The van der Waals surface area contributed by atoms with Gasteiger partial charge in [-0.05, 0) is 40.1 Å². The van der Waals surface area contributed by atoms with Crippen molar-refractivity contribution in [1.29, 1.82) is 0 Å². The number of nitrogens with one attached hydrogen (secondary N) is 1. The topological polar surface area (TPSA) is 29.1 Å². The maximum Gasteiger partial charge on any atom is 0.244 e. The Hall–Kier alpha value is -1.58. The van der Waals surface area contributed by atoms with Gasteiger partial charge in [0.05, 0.1) is 0 Å². The van der Waals surface area contributed by atoms with Crippen molar-refractivity contribution in [2.24, 2.45) is 0 Å². The minimum absolute atomic E-state index is 0.124. The van der Waals surface area contributed by atoms with Gasteiger partial charge in [0.15, 0.2) is 0 Å². The Morgan fingerprint density at radius 3 is 2.89 bits per heavy atom. The monoisotopic (exact) mass is 277 g/mol. The van der Waals surface area contributed by atoms with E-state index < -0.39 is 0 Å². The van der Waals surface area contributed by atoms with E-state index in [1.54, 1.807) is 17.4 Å². The molecule has 2 rings (SSSR count). The van der Waals surface area contributed by atoms with Crippen molar-refractivity contribution in [2.45, 2.75) is 6.54 Å². The zero-order chi connectivity index (χ0) is 12.8. The van der Waals surface area contributed by atoms with Gasteiger partial charge in [0, 0.05) is 17.6 Å². The molecule has 1 N–H and O–H groups in total. The number of hydrogen-bond donors (Lipinski definition) is 1. The van der Waals surface area contributed by atoms with Gasteiger partial charge in [-0.15, -0.1) is 0 Å². The summed E-state index contributed by atoms with van der Waals surface area (Å²) in [4.78, 5) is 11.6. The largest absolute Gasteiger partial charge is 0.348 e. The van der Waals surface area contributed by atoms with Gasteiger partial charge in [0.1, 0.15) is 0 Å². The molecule has 0 aliphatic heterocycles. The third-order valence-corrected chi connectivity index (χ3v) is 3.45. The highest BCUT2D eigenvalue weighted by molar-refractivity contribution is 7.08. The van der Waals surface area contributed by atoms with E-state index in [9.17, 15) is 4.79 Å². The highest BCUT2D eigenvalue weighted by Gasteiger charge is 2.00. The summed E-state index contributed by atoms with van der Waals surface area (Å²) in [6.45, 7) is 0.437. The number of thiophene rings is 1. The van der Waals surface area contributed by atoms with Crippen LogP contribution in [0.15, 0.2) is 47.2 Å². The maximum absolute atomic E-state index is 11.6. The molecule has 0 radical (unpaired) electrons. The van der Waals surface area contributed by atoms with Crippen molar-refractivity contribution in [1.82, 2.24) is 5.32 Å². The number of rotatable bonds is 4. The average molecular weight is 278 g/mol. The first-order valence-electron chi connectivity index (χ1n) is 5.47. The lowest BCUT2D eigenvalue weighted by molar-refractivity contribution is -0.116. The molecule has 2 aromatic rings. The molecule has 0 atom stereocenters. The minimum atomic E-state index is -0.124. The molecule has 0 spiro atoms. The predicted molar refractivity (Wildman–Crippen MR) is 76.7 cm³/mol. The van der Waals surface area contributed by atoms with Crippen molar-refractivity contribution in [2.75, 3.05) is 0 Å². The number of halogens is 1. The van der Waals surface area contributed by atoms with Crippen LogP contribution in [-0.4, -0.2) is 5.91 Å². The highest BCUT2D eigenvalue weighted by Crippen LogP contribution is 2.14. The number of carbonyl (C=O) groups is 1. The van der Waals surface area contributed by atoms with Crippen LogP contribution < -0.4 is 5.32 Å². The van der Waals surface area contributed by atoms with Crippen molar-refractivity contribution in [3.05, 3.63) is 63.3 Å². The third-order valence-electron chi connectivity index (χ3n) is 2.38. The minimum Gasteiger partial charge on any atom is -0.348 e. The smallest absolute Gasteiger partial charge is 0.244 e. The van der Waals surface area contributed by atoms with E-state index in [1.165, 1.54) is 6.08 Å². The Morgan fingerprint density at radius 2 is 2.17 bits per heavy atom. The highest BCUT2D eigenvalue weighted by atomic mass is 35.5. The van der Waals surface area contributed by atoms with E-state index in [2.05, 4.69) is 5.32 Å². The van der Waals surface area contributed by atoms with Crippen LogP contribution in [0.25, 0.3) is 6.08 Å². The summed E-state index contributed by atoms with van der Waals surface area (Å²) in [6.07, 6.45) is 3.32. The average Bonchev–Trinajstić information content (AvgIpc) is 2.88. The molecule has 92 valence electrons. The summed E-state index contributed by atoms with van der Waals surface area (Å²) in [6, 6.07) is 9.43. The molecule has 0 aliphatic carbocycles. The van der Waals surface area contributed by atoms with Crippen molar-refractivity contribution >= 4 is 34.9 Å². The number of carbonyl (C=O) groups excluding carboxylic acids is 1. The van der Waals surface area contributed by atoms with E-state index in [0.717, 1.165) is 11.1 Å². The molecule has 18 heavy (non-hydrogen) atoms. The van der Waals surface area contributed by atoms with Crippen LogP contribution in [0.3, 0.4) is 0 Å². The van der Waals surface area contributed by atoms with E-state index in [0.29, 0.717) is 11.6 Å². The van der Waals surface area contributed by atoms with Gasteiger partial charge in [-0.2, -0.15) is 11.3 Å². The summed E-state index contributed by atoms with van der Waals surface area (Å²) in [7, 11) is 0. The molecular weight excluding hydrogens is 266 g/mol. The predicted octanol–water partition coefficient (Wildman–Crippen LogP) is 3.73. The molecule has 0 fully saturated rings. The molecule has 1 heterocycles. The third kappa shape index (κ3) is 3.72. The maximum atomic E-state index is 11.6. The van der Waals surface area contributed by atoms with E-state index >= 15 is 0 Å². The number of amides is 1. The molecule has 1 aromatic carbocycles. The fraction of sp³-hybridized carbons (Fsp3) is 0.0714. The summed E-state index contributed by atoms with van der Waals surface area (Å²) in [5, 5.41) is 7.42. The molecule has 1 amide bonds. The molecule has 0 saturated heterocycles. The lowest BCUT2D eigenvalue weighted by Crippen LogP contribution is -2.20. The van der Waals surface area contributed by atoms with Crippen molar-refractivity contribution in [3.63, 3.8) is 0 Å². The van der Waals surface area contributed by atoms with Gasteiger partial charge < -0.3 is 5.32 Å². The zero-order valence-electron chi connectivity index (χ0n) is 9.60. The van der Waals surface area contributed by atoms with Crippen LogP contribution in [0.4, 0.5) is 0 Å². The van der Waals surface area contributed by atoms with Gasteiger partial charge in [0.25, 0.3) is 0 Å². The summed E-state index contributed by atoms with van der Waals surface area (Å²) < 4.78 is 0. The van der Waals surface area contributed by atoms with Gasteiger partial charge in [0.2, 0.25) is 5.91 Å². The van der Waals surface area contributed by atoms with Gasteiger partial charge in [-0.25, -0.2) is 0 Å². The number of hydrogen-bond acceptors (Lipinski definition) is 2. The Morgan fingerprint density at radius 1 is 1.33 bits per heavy atom. The lowest BCUT2D eigenvalue weighted by Gasteiger charge is -2.04. The Bertz CT molecular complexity index is 549. The molecule has 0 unspecified atom stereocenters. The van der Waals surface area contributed by atoms with Gasteiger partial charge >= 0.3 is 0 Å². The zero-order valence-corrected chi connectivity index (χ0v) is 11.2. The SMILES string of the molecule is O=C(C=Cc1ccsc1)NCc1ccccc1Cl. The first-order chi connectivity index (χ1) is 8.75. The Labute approximate surface area is 115 Å². The normalized spacial score (nSPS) is 10.7. The summed E-state index contributed by atoms with van der Waals surface area (Å²) in [5.74, 6) is -0.124. The van der Waals surface area contributed by atoms with E-state index in [4.69, 9.17) is 11.6 Å². The standard InChI is InChI=1S/C14H12ClNOS/c15-13-4-2-1-3-12(13)9-16-14(17)6-5-11-7-8-18-10-11/h1-8,10H,9H2,(H,16,17). The lowest BCUT2D eigenvalue weighted by atomic mass is 10.2. The van der Waals surface area contributed by atoms with E-state index in [1.807, 2.05) is 41.1 Å². The Balaban J connectivity index is 1.87. The second-order valence-corrected chi connectivity index (χ2v) is 4.89. The summed E-state index contributed by atoms with van der Waals surface area (Å²) in [5.41, 5.74) is 1.95. The molecule has 0 aliphatic rings. The van der Waals surface area contributed by atoms with Crippen molar-refractivity contribution < 1.29 is 4.79 Å². The van der Waals surface area contributed by atoms with Gasteiger partial charge in [-0.3, -0.25) is 4.79 Å². The quantitative estimate of drug-likeness (QED) is 0.848. The molecule has 2 nitrogen and oxygen atoms in total. The first-order valence-corrected chi connectivity index (χ1v) is 6.79. The molecule has 4 heteroatoms. The van der Waals surface area contributed by atoms with Crippen LogP contribution in [-0.2, 0) is 11.3 Å². The van der Waals surface area contributed by atoms with Crippen molar-refractivity contribution in [3.8, 4) is 0 Å². The van der Waals surface area contributed by atoms with Gasteiger partial charge in [-0.1, -0.05) is 29.8 Å². The number of benzene rings is 1. The first kappa shape index (κ1) is 12.9. The molecule has 0 saturated carbocycles. The van der Waals surface area contributed by atoms with Crippen LogP contribution in [0, 0.1) is 0 Å². The fourth-order valence-electron chi connectivity index (χ4n) is 1.42. The molecular formula is C14H12ClNOS. The molecule has 0 bridgehead atoms. The summed E-state index contributed by atoms with van der Waals surface area (Å²) >= 11 is 7.60. The van der Waals surface area contributed by atoms with Crippen LogP contribution in [0.1, 0.15) is 11.1 Å².